The lowest BCUT2D eigenvalue weighted by atomic mass is 10.2. The fourth-order valence-electron chi connectivity index (χ4n) is 1.07. The van der Waals surface area contributed by atoms with Gasteiger partial charge in [0.2, 0.25) is 5.91 Å². The molecule has 0 bridgehead atoms. The normalized spacial score (nSPS) is 9.81. The van der Waals surface area contributed by atoms with Gasteiger partial charge in [-0.25, -0.2) is 0 Å². The summed E-state index contributed by atoms with van der Waals surface area (Å²) in [6.07, 6.45) is 1.66. The van der Waals surface area contributed by atoms with Gasteiger partial charge >= 0.3 is 0 Å². The Morgan fingerprint density at radius 3 is 2.62 bits per heavy atom. The average molecular weight is 222 g/mol. The summed E-state index contributed by atoms with van der Waals surface area (Å²) in [5, 5.41) is 2.53. The summed E-state index contributed by atoms with van der Waals surface area (Å²) in [4.78, 5) is 25.9. The molecule has 0 spiro atoms. The molecule has 1 heterocycles. The minimum atomic E-state index is -0.452. The smallest absolute Gasteiger partial charge is 0.269 e. The number of pyridine rings is 1. The number of rotatable bonds is 5. The number of carbonyl (C=O) groups excluding carboxylic acids is 2. The van der Waals surface area contributed by atoms with Crippen molar-refractivity contribution in [2.24, 2.45) is 11.5 Å². The Morgan fingerprint density at radius 2 is 2.12 bits per heavy atom. The second kappa shape index (κ2) is 5.82. The molecule has 0 saturated heterocycles. The molecule has 6 nitrogen and oxygen atoms in total. The molecule has 1 aromatic heterocycles. The highest BCUT2D eigenvalue weighted by Gasteiger charge is 2.06. The second-order valence-corrected chi connectivity index (χ2v) is 3.23. The Kier molecular flexibility index (Phi) is 4.41. The molecule has 0 aliphatic rings. The molecule has 16 heavy (non-hydrogen) atoms. The van der Waals surface area contributed by atoms with Crippen LogP contribution < -0.4 is 16.8 Å². The summed E-state index contributed by atoms with van der Waals surface area (Å²) in [5.74, 6) is -0.781. The number of primary amides is 1. The topological polar surface area (TPSA) is 111 Å². The van der Waals surface area contributed by atoms with E-state index in [1.165, 1.54) is 0 Å². The third kappa shape index (κ3) is 3.66. The highest BCUT2D eigenvalue weighted by Crippen LogP contribution is 1.99. The zero-order chi connectivity index (χ0) is 12.0. The van der Waals surface area contributed by atoms with Crippen LogP contribution in [0, 0.1) is 0 Å². The third-order valence-electron chi connectivity index (χ3n) is 1.95. The van der Waals surface area contributed by atoms with Crippen LogP contribution in [0.2, 0.25) is 0 Å². The Bertz CT molecular complexity index is 375. The van der Waals surface area contributed by atoms with Crippen LogP contribution >= 0.6 is 0 Å². The monoisotopic (exact) mass is 222 g/mol. The Hall–Kier alpha value is -1.95. The number of aromatic nitrogens is 1. The van der Waals surface area contributed by atoms with Gasteiger partial charge in [0.05, 0.1) is 0 Å². The molecule has 1 rings (SSSR count). The summed E-state index contributed by atoms with van der Waals surface area (Å²) in [5.41, 5.74) is 11.5. The van der Waals surface area contributed by atoms with Gasteiger partial charge in [-0.2, -0.15) is 0 Å². The molecule has 2 amide bonds. The summed E-state index contributed by atoms with van der Waals surface area (Å²) in [6.45, 7) is 0.602. The quantitative estimate of drug-likeness (QED) is 0.602. The lowest BCUT2D eigenvalue weighted by Crippen LogP contribution is -2.28. The number of nitrogens with one attached hydrogen (secondary N) is 1. The van der Waals surface area contributed by atoms with Crippen molar-refractivity contribution in [2.75, 3.05) is 6.54 Å². The number of nitrogens with zero attached hydrogens (tertiary/aromatic N) is 1. The maximum Gasteiger partial charge on any atom is 0.269 e. The molecule has 0 aliphatic heterocycles. The molecule has 5 N–H and O–H groups in total. The van der Waals surface area contributed by atoms with Crippen LogP contribution in [0.1, 0.15) is 22.5 Å². The van der Waals surface area contributed by atoms with Crippen LogP contribution in [0.3, 0.4) is 0 Å². The summed E-state index contributed by atoms with van der Waals surface area (Å²) in [7, 11) is 0. The van der Waals surface area contributed by atoms with E-state index in [-0.39, 0.29) is 18.9 Å². The van der Waals surface area contributed by atoms with Gasteiger partial charge in [0.25, 0.3) is 5.91 Å². The SMILES string of the molecule is NCc1ccc(C(=O)NCCC(N)=O)nc1. The van der Waals surface area contributed by atoms with Crippen molar-refractivity contribution in [3.05, 3.63) is 29.6 Å². The first-order valence-corrected chi connectivity index (χ1v) is 4.85. The lowest BCUT2D eigenvalue weighted by Gasteiger charge is -2.03. The van der Waals surface area contributed by atoms with Gasteiger partial charge in [0, 0.05) is 25.7 Å². The van der Waals surface area contributed by atoms with Crippen molar-refractivity contribution in [3.8, 4) is 0 Å². The van der Waals surface area contributed by atoms with Crippen molar-refractivity contribution in [3.63, 3.8) is 0 Å². The number of hydrogen-bond donors (Lipinski definition) is 3. The van der Waals surface area contributed by atoms with E-state index in [0.29, 0.717) is 12.2 Å². The Labute approximate surface area is 93.0 Å². The van der Waals surface area contributed by atoms with Crippen LogP contribution in [0.4, 0.5) is 0 Å². The van der Waals surface area contributed by atoms with Gasteiger partial charge in [0.1, 0.15) is 5.69 Å². The number of carbonyl (C=O) groups is 2. The van der Waals surface area contributed by atoms with Gasteiger partial charge < -0.3 is 16.8 Å². The third-order valence-corrected chi connectivity index (χ3v) is 1.95. The average Bonchev–Trinajstić information content (AvgIpc) is 2.28. The molecule has 0 radical (unpaired) electrons. The summed E-state index contributed by atoms with van der Waals surface area (Å²) < 4.78 is 0. The first-order valence-electron chi connectivity index (χ1n) is 4.85. The van der Waals surface area contributed by atoms with Crippen LogP contribution in [0.25, 0.3) is 0 Å². The second-order valence-electron chi connectivity index (χ2n) is 3.23. The van der Waals surface area contributed by atoms with Crippen molar-refractivity contribution in [2.45, 2.75) is 13.0 Å². The minimum Gasteiger partial charge on any atom is -0.370 e. The van der Waals surface area contributed by atoms with E-state index in [9.17, 15) is 9.59 Å². The highest BCUT2D eigenvalue weighted by atomic mass is 16.2. The van der Waals surface area contributed by atoms with Crippen LogP contribution in [0.15, 0.2) is 18.3 Å². The number of amides is 2. The van der Waals surface area contributed by atoms with Gasteiger partial charge in [-0.3, -0.25) is 14.6 Å². The van der Waals surface area contributed by atoms with E-state index in [4.69, 9.17) is 11.5 Å². The molecule has 0 aliphatic carbocycles. The molecule has 0 saturated carbocycles. The largest absolute Gasteiger partial charge is 0.370 e. The van der Waals surface area contributed by atoms with Crippen molar-refractivity contribution in [1.82, 2.24) is 10.3 Å². The van der Waals surface area contributed by atoms with Crippen molar-refractivity contribution >= 4 is 11.8 Å². The molecular weight excluding hydrogens is 208 g/mol. The van der Waals surface area contributed by atoms with E-state index in [1.54, 1.807) is 18.3 Å². The van der Waals surface area contributed by atoms with Gasteiger partial charge in [-0.1, -0.05) is 6.07 Å². The maximum absolute atomic E-state index is 11.5. The zero-order valence-electron chi connectivity index (χ0n) is 8.77. The summed E-state index contributed by atoms with van der Waals surface area (Å²) >= 11 is 0. The van der Waals surface area contributed by atoms with Crippen LogP contribution in [0.5, 0.6) is 0 Å². The van der Waals surface area contributed by atoms with Crippen molar-refractivity contribution < 1.29 is 9.59 Å². The molecule has 86 valence electrons. The van der Waals surface area contributed by atoms with Gasteiger partial charge in [-0.15, -0.1) is 0 Å². The molecule has 0 aromatic carbocycles. The first-order chi connectivity index (χ1) is 7.63. The predicted molar refractivity (Wildman–Crippen MR) is 58.3 cm³/mol. The Balaban J connectivity index is 2.49. The molecule has 0 unspecified atom stereocenters. The van der Waals surface area contributed by atoms with E-state index >= 15 is 0 Å². The zero-order valence-corrected chi connectivity index (χ0v) is 8.77. The van der Waals surface area contributed by atoms with E-state index in [2.05, 4.69) is 10.3 Å². The summed E-state index contributed by atoms with van der Waals surface area (Å²) in [6, 6.07) is 3.32. The lowest BCUT2D eigenvalue weighted by molar-refractivity contribution is -0.117. The van der Waals surface area contributed by atoms with Crippen LogP contribution in [-0.2, 0) is 11.3 Å². The maximum atomic E-state index is 11.5. The highest BCUT2D eigenvalue weighted by molar-refractivity contribution is 5.92. The standard InChI is InChI=1S/C10H14N4O2/c11-5-7-1-2-8(14-6-7)10(16)13-4-3-9(12)15/h1-2,6H,3-5,11H2,(H2,12,15)(H,13,16). The molecule has 0 fully saturated rings. The number of hydrogen-bond acceptors (Lipinski definition) is 4. The van der Waals surface area contributed by atoms with Gasteiger partial charge in [0.15, 0.2) is 0 Å². The first kappa shape index (κ1) is 12.1. The fourth-order valence-corrected chi connectivity index (χ4v) is 1.07. The molecular formula is C10H14N4O2. The van der Waals surface area contributed by atoms with E-state index in [0.717, 1.165) is 5.56 Å². The van der Waals surface area contributed by atoms with Gasteiger partial charge in [-0.05, 0) is 11.6 Å². The fraction of sp³-hybridized carbons (Fsp3) is 0.300. The molecule has 1 aromatic rings. The molecule has 6 heteroatoms. The van der Waals surface area contributed by atoms with Crippen molar-refractivity contribution in [1.29, 1.82) is 0 Å². The predicted octanol–water partition coefficient (Wildman–Crippen LogP) is -0.854. The number of nitrogens with two attached hydrogens (primary N) is 2. The minimum absolute atomic E-state index is 0.118. The Morgan fingerprint density at radius 1 is 1.38 bits per heavy atom. The van der Waals surface area contributed by atoms with Crippen LogP contribution in [-0.4, -0.2) is 23.3 Å². The van der Waals surface area contributed by atoms with E-state index < -0.39 is 5.91 Å². The molecule has 0 atom stereocenters. The van der Waals surface area contributed by atoms with E-state index in [1.807, 2.05) is 0 Å².